The molecule has 4 rings (SSSR count). The van der Waals surface area contributed by atoms with E-state index in [-0.39, 0.29) is 17.2 Å². The Kier molecular flexibility index (Phi) is 6.28. The van der Waals surface area contributed by atoms with Crippen LogP contribution in [-0.4, -0.2) is 18.9 Å². The van der Waals surface area contributed by atoms with Gasteiger partial charge in [-0.1, -0.05) is 27.5 Å². The first-order valence-corrected chi connectivity index (χ1v) is 10.6. The molecule has 0 aliphatic carbocycles. The summed E-state index contributed by atoms with van der Waals surface area (Å²) in [5.74, 6) is -2.06. The molecule has 32 heavy (non-hydrogen) atoms. The van der Waals surface area contributed by atoms with Gasteiger partial charge in [0.15, 0.2) is 0 Å². The number of methoxy groups -OCH3 is 1. The van der Waals surface area contributed by atoms with Gasteiger partial charge in [0.25, 0.3) is 11.8 Å². The van der Waals surface area contributed by atoms with Crippen LogP contribution in [0.1, 0.15) is 43.4 Å². The molecular formula is C23H16BrClF2N2O3. The summed E-state index contributed by atoms with van der Waals surface area (Å²) >= 11 is 9.61. The van der Waals surface area contributed by atoms with Gasteiger partial charge >= 0.3 is 0 Å². The Balaban J connectivity index is 1.77. The summed E-state index contributed by atoms with van der Waals surface area (Å²) in [5, 5.41) is 5.79. The zero-order valence-electron chi connectivity index (χ0n) is 16.6. The number of benzene rings is 3. The molecule has 3 aromatic carbocycles. The van der Waals surface area contributed by atoms with E-state index < -0.39 is 29.5 Å². The van der Waals surface area contributed by atoms with Gasteiger partial charge in [-0.25, -0.2) is 8.78 Å². The summed E-state index contributed by atoms with van der Waals surface area (Å²) in [7, 11) is 1.47. The van der Waals surface area contributed by atoms with Gasteiger partial charge in [0, 0.05) is 44.5 Å². The molecule has 1 aliphatic heterocycles. The topological polar surface area (TPSA) is 67.4 Å². The first-order chi connectivity index (χ1) is 15.3. The Morgan fingerprint density at radius 2 is 1.94 bits per heavy atom. The van der Waals surface area contributed by atoms with Crippen molar-refractivity contribution in [2.75, 3.05) is 12.4 Å². The summed E-state index contributed by atoms with van der Waals surface area (Å²) in [4.78, 5) is 25.6. The van der Waals surface area contributed by atoms with Gasteiger partial charge in [0.05, 0.1) is 12.6 Å². The van der Waals surface area contributed by atoms with Crippen molar-refractivity contribution >= 4 is 45.0 Å². The molecule has 164 valence electrons. The number of nitrogens with one attached hydrogen (secondary N) is 2. The lowest BCUT2D eigenvalue weighted by Gasteiger charge is -2.18. The van der Waals surface area contributed by atoms with Crippen LogP contribution < -0.4 is 10.6 Å². The van der Waals surface area contributed by atoms with Crippen LogP contribution in [0.2, 0.25) is 5.02 Å². The van der Waals surface area contributed by atoms with Crippen molar-refractivity contribution < 1.29 is 23.1 Å². The van der Waals surface area contributed by atoms with Crippen molar-refractivity contribution in [3.05, 3.63) is 97.5 Å². The molecule has 1 aliphatic rings. The van der Waals surface area contributed by atoms with E-state index in [1.165, 1.54) is 37.4 Å². The van der Waals surface area contributed by atoms with Crippen LogP contribution in [0.5, 0.6) is 0 Å². The minimum absolute atomic E-state index is 0.0865. The fourth-order valence-electron chi connectivity index (χ4n) is 3.70. The summed E-state index contributed by atoms with van der Waals surface area (Å²) < 4.78 is 33.5. The second-order valence-electron chi connectivity index (χ2n) is 7.22. The number of carbonyl (C=O) groups is 2. The summed E-state index contributed by atoms with van der Waals surface area (Å²) in [5.41, 5.74) is 1.99. The normalized spacial score (nSPS) is 14.8. The highest BCUT2D eigenvalue weighted by molar-refractivity contribution is 9.10. The number of carbonyl (C=O) groups excluding carboxylic acids is 2. The lowest BCUT2D eigenvalue weighted by atomic mass is 9.96. The highest BCUT2D eigenvalue weighted by Gasteiger charge is 2.34. The van der Waals surface area contributed by atoms with Crippen LogP contribution >= 0.6 is 27.5 Å². The first-order valence-electron chi connectivity index (χ1n) is 9.46. The summed E-state index contributed by atoms with van der Waals surface area (Å²) in [6, 6.07) is 10.2. The maximum absolute atomic E-state index is 14.0. The van der Waals surface area contributed by atoms with Gasteiger partial charge in [0.2, 0.25) is 0 Å². The van der Waals surface area contributed by atoms with Crippen molar-refractivity contribution in [3.63, 3.8) is 0 Å². The highest BCUT2D eigenvalue weighted by atomic mass is 79.9. The third kappa shape index (κ3) is 4.39. The average molecular weight is 522 g/mol. The van der Waals surface area contributed by atoms with E-state index in [9.17, 15) is 18.4 Å². The first kappa shape index (κ1) is 22.4. The van der Waals surface area contributed by atoms with E-state index in [1.807, 2.05) is 0 Å². The van der Waals surface area contributed by atoms with E-state index in [0.29, 0.717) is 32.4 Å². The fraction of sp³-hybridized carbons (Fsp3) is 0.130. The molecule has 0 saturated carbocycles. The monoisotopic (exact) mass is 520 g/mol. The maximum atomic E-state index is 14.0. The predicted molar refractivity (Wildman–Crippen MR) is 120 cm³/mol. The minimum Gasteiger partial charge on any atom is -0.380 e. The van der Waals surface area contributed by atoms with Gasteiger partial charge in [-0.2, -0.15) is 0 Å². The minimum atomic E-state index is -0.777. The third-order valence-corrected chi connectivity index (χ3v) is 5.80. The standard InChI is InChI=1S/C23H16BrClF2N2O3/c1-32-10-11-4-12(6-15(27)5-11)22(30)28-19-8-13(24)7-17-20(19)21(29-23(17)31)16-9-14(26)2-3-18(16)25/h2-9,21H,10H2,1H3,(H,28,30)(H,29,31). The number of hydrogen-bond donors (Lipinski definition) is 2. The zero-order valence-corrected chi connectivity index (χ0v) is 19.0. The Morgan fingerprint density at radius 3 is 2.69 bits per heavy atom. The second kappa shape index (κ2) is 8.97. The van der Waals surface area contributed by atoms with E-state index in [2.05, 4.69) is 26.6 Å². The lowest BCUT2D eigenvalue weighted by Crippen LogP contribution is -2.21. The van der Waals surface area contributed by atoms with E-state index in [0.717, 1.165) is 6.07 Å². The molecule has 0 radical (unpaired) electrons. The van der Waals surface area contributed by atoms with E-state index in [4.69, 9.17) is 16.3 Å². The molecule has 2 amide bonds. The second-order valence-corrected chi connectivity index (χ2v) is 8.55. The number of ether oxygens (including phenoxy) is 1. The number of halogens is 4. The fourth-order valence-corrected chi connectivity index (χ4v) is 4.38. The number of hydrogen-bond acceptors (Lipinski definition) is 3. The summed E-state index contributed by atoms with van der Waals surface area (Å²) in [6.07, 6.45) is 0. The predicted octanol–water partition coefficient (Wildman–Crippen LogP) is 5.61. The van der Waals surface area contributed by atoms with Gasteiger partial charge in [0.1, 0.15) is 11.6 Å². The van der Waals surface area contributed by atoms with Crippen LogP contribution in [0.15, 0.2) is 53.0 Å². The molecule has 0 bridgehead atoms. The number of rotatable bonds is 5. The van der Waals surface area contributed by atoms with Gasteiger partial charge < -0.3 is 15.4 Å². The molecule has 0 saturated heterocycles. The summed E-state index contributed by atoms with van der Waals surface area (Å²) in [6.45, 7) is 0.142. The van der Waals surface area contributed by atoms with Crippen molar-refractivity contribution in [1.82, 2.24) is 5.32 Å². The van der Waals surface area contributed by atoms with Crippen LogP contribution in [0.25, 0.3) is 0 Å². The number of fused-ring (bicyclic) bond motifs is 1. The SMILES string of the molecule is COCc1cc(F)cc(C(=O)Nc2cc(Br)cc3c2C(c2cc(F)ccc2Cl)NC3=O)c1. The molecule has 2 N–H and O–H groups in total. The smallest absolute Gasteiger partial charge is 0.255 e. The third-order valence-electron chi connectivity index (χ3n) is 5.00. The van der Waals surface area contributed by atoms with E-state index in [1.54, 1.807) is 12.1 Å². The molecule has 1 atom stereocenters. The Bertz CT molecular complexity index is 1250. The van der Waals surface area contributed by atoms with Crippen LogP contribution in [0.3, 0.4) is 0 Å². The highest BCUT2D eigenvalue weighted by Crippen LogP contribution is 2.41. The lowest BCUT2D eigenvalue weighted by molar-refractivity contribution is 0.0959. The maximum Gasteiger partial charge on any atom is 0.255 e. The van der Waals surface area contributed by atoms with Gasteiger partial charge in [-0.3, -0.25) is 9.59 Å². The molecule has 0 fully saturated rings. The Morgan fingerprint density at radius 1 is 1.16 bits per heavy atom. The van der Waals surface area contributed by atoms with Gasteiger partial charge in [-0.15, -0.1) is 0 Å². The van der Waals surface area contributed by atoms with Crippen molar-refractivity contribution in [1.29, 1.82) is 0 Å². The van der Waals surface area contributed by atoms with E-state index >= 15 is 0 Å². The van der Waals surface area contributed by atoms with Crippen molar-refractivity contribution in [3.8, 4) is 0 Å². The van der Waals surface area contributed by atoms with Crippen molar-refractivity contribution in [2.24, 2.45) is 0 Å². The quantitative estimate of drug-likeness (QED) is 0.458. The average Bonchev–Trinajstić information content (AvgIpc) is 3.06. The molecule has 5 nitrogen and oxygen atoms in total. The van der Waals surface area contributed by atoms with Crippen LogP contribution in [0, 0.1) is 11.6 Å². The molecule has 3 aromatic rings. The molecule has 1 heterocycles. The molecule has 1 unspecified atom stereocenters. The molecule has 9 heteroatoms. The van der Waals surface area contributed by atoms with Crippen LogP contribution in [0.4, 0.5) is 14.5 Å². The molecule has 0 spiro atoms. The van der Waals surface area contributed by atoms with Gasteiger partial charge in [-0.05, 0) is 54.1 Å². The van der Waals surface area contributed by atoms with Crippen molar-refractivity contribution in [2.45, 2.75) is 12.6 Å². The number of anilines is 1. The largest absolute Gasteiger partial charge is 0.380 e. The molecule has 0 aromatic heterocycles. The van der Waals surface area contributed by atoms with Crippen LogP contribution in [-0.2, 0) is 11.3 Å². The zero-order chi connectivity index (χ0) is 23.0. The Hall–Kier alpha value is -2.81. The molecular weight excluding hydrogens is 506 g/mol. The Labute approximate surface area is 195 Å². The number of amides is 2.